The predicted molar refractivity (Wildman–Crippen MR) is 72.4 cm³/mol. The third-order valence-electron chi connectivity index (χ3n) is 3.45. The minimum atomic E-state index is -4.48. The summed E-state index contributed by atoms with van der Waals surface area (Å²) in [5.41, 5.74) is -0.733. The first-order chi connectivity index (χ1) is 9.62. The van der Waals surface area contributed by atoms with Crippen LogP contribution in [-0.4, -0.2) is 38.4 Å². The minimum absolute atomic E-state index is 0.0169. The number of nitrogens with one attached hydrogen (secondary N) is 1. The molecule has 0 radical (unpaired) electrons. The van der Waals surface area contributed by atoms with Crippen molar-refractivity contribution in [1.82, 2.24) is 9.62 Å². The molecule has 0 aromatic heterocycles. The predicted octanol–water partition coefficient (Wildman–Crippen LogP) is 2.00. The Morgan fingerprint density at radius 1 is 1.33 bits per heavy atom. The molecule has 1 saturated heterocycles. The number of sulfonamides is 1. The van der Waals surface area contributed by atoms with Crippen LogP contribution in [0.1, 0.15) is 18.1 Å². The van der Waals surface area contributed by atoms with Crippen LogP contribution < -0.4 is 5.32 Å². The van der Waals surface area contributed by atoms with Gasteiger partial charge in [-0.3, -0.25) is 0 Å². The van der Waals surface area contributed by atoms with E-state index in [1.165, 1.54) is 11.2 Å². The summed E-state index contributed by atoms with van der Waals surface area (Å²) in [7, 11) is -3.76. The van der Waals surface area contributed by atoms with E-state index in [9.17, 15) is 21.6 Å². The Kier molecular flexibility index (Phi) is 4.32. The van der Waals surface area contributed by atoms with Crippen molar-refractivity contribution in [3.8, 4) is 0 Å². The van der Waals surface area contributed by atoms with E-state index in [-0.39, 0.29) is 16.5 Å². The van der Waals surface area contributed by atoms with Gasteiger partial charge in [-0.2, -0.15) is 17.5 Å². The highest BCUT2D eigenvalue weighted by Gasteiger charge is 2.33. The fourth-order valence-electron chi connectivity index (χ4n) is 2.37. The molecule has 2 rings (SSSR count). The molecule has 1 fully saturated rings. The van der Waals surface area contributed by atoms with Crippen LogP contribution in [0.15, 0.2) is 23.1 Å². The highest BCUT2D eigenvalue weighted by molar-refractivity contribution is 7.89. The van der Waals surface area contributed by atoms with Crippen LogP contribution in [0.2, 0.25) is 0 Å². The Bertz CT molecular complexity index is 629. The second-order valence-corrected chi connectivity index (χ2v) is 7.10. The molecule has 21 heavy (non-hydrogen) atoms. The van der Waals surface area contributed by atoms with E-state index in [2.05, 4.69) is 5.32 Å². The van der Waals surface area contributed by atoms with Gasteiger partial charge in [0.15, 0.2) is 0 Å². The molecular weight excluding hydrogens is 305 g/mol. The Morgan fingerprint density at radius 2 is 2.00 bits per heavy atom. The molecular formula is C13H17F3N2O2S. The lowest BCUT2D eigenvalue weighted by molar-refractivity contribution is -0.137. The molecule has 0 amide bonds. The smallest absolute Gasteiger partial charge is 0.312 e. The average Bonchev–Trinajstić information content (AvgIpc) is 2.37. The summed E-state index contributed by atoms with van der Waals surface area (Å²) in [4.78, 5) is -0.0652. The summed E-state index contributed by atoms with van der Waals surface area (Å²) in [6.07, 6.45) is -4.48. The lowest BCUT2D eigenvalue weighted by atomic mass is 10.1. The molecule has 0 bridgehead atoms. The quantitative estimate of drug-likeness (QED) is 0.906. The van der Waals surface area contributed by atoms with Gasteiger partial charge in [-0.25, -0.2) is 8.42 Å². The molecule has 8 heteroatoms. The van der Waals surface area contributed by atoms with Gasteiger partial charge in [-0.15, -0.1) is 0 Å². The second kappa shape index (κ2) is 5.58. The molecule has 0 unspecified atom stereocenters. The summed E-state index contributed by atoms with van der Waals surface area (Å²) in [5, 5.41) is 3.12. The van der Waals surface area contributed by atoms with E-state index >= 15 is 0 Å². The largest absolute Gasteiger partial charge is 0.416 e. The molecule has 0 saturated carbocycles. The SMILES string of the molecule is Cc1cc(C(F)(F)F)ccc1S(=O)(=O)N1CCN[C@@H](C)C1. The van der Waals surface area contributed by atoms with Crippen LogP contribution in [0.3, 0.4) is 0 Å². The summed E-state index contributed by atoms with van der Waals surface area (Å²) in [5.74, 6) is 0. The molecule has 4 nitrogen and oxygen atoms in total. The normalized spacial score (nSPS) is 21.5. The van der Waals surface area contributed by atoms with E-state index in [4.69, 9.17) is 0 Å². The molecule has 1 aromatic rings. The minimum Gasteiger partial charge on any atom is -0.312 e. The second-order valence-electron chi connectivity index (χ2n) is 5.20. The van der Waals surface area contributed by atoms with E-state index in [1.54, 1.807) is 0 Å². The molecule has 1 atom stereocenters. The van der Waals surface area contributed by atoms with Gasteiger partial charge in [0, 0.05) is 25.7 Å². The Morgan fingerprint density at radius 3 is 2.52 bits per heavy atom. The number of nitrogens with zero attached hydrogens (tertiary/aromatic N) is 1. The van der Waals surface area contributed by atoms with Gasteiger partial charge < -0.3 is 5.32 Å². The number of hydrogen-bond donors (Lipinski definition) is 1. The van der Waals surface area contributed by atoms with Gasteiger partial charge >= 0.3 is 6.18 Å². The fourth-order valence-corrected chi connectivity index (χ4v) is 4.10. The first kappa shape index (κ1) is 16.3. The van der Waals surface area contributed by atoms with Crippen LogP contribution in [0, 0.1) is 6.92 Å². The van der Waals surface area contributed by atoms with Crippen LogP contribution >= 0.6 is 0 Å². The van der Waals surface area contributed by atoms with E-state index in [0.717, 1.165) is 18.2 Å². The Balaban J connectivity index is 2.37. The first-order valence-corrected chi connectivity index (χ1v) is 7.98. The zero-order valence-corrected chi connectivity index (χ0v) is 12.6. The molecule has 118 valence electrons. The summed E-state index contributed by atoms with van der Waals surface area (Å²) in [6, 6.07) is 2.74. The van der Waals surface area contributed by atoms with Gasteiger partial charge in [-0.05, 0) is 37.6 Å². The van der Waals surface area contributed by atoms with E-state index in [1.807, 2.05) is 6.92 Å². The summed E-state index contributed by atoms with van der Waals surface area (Å²) < 4.78 is 64.3. The third-order valence-corrected chi connectivity index (χ3v) is 5.48. The number of rotatable bonds is 2. The van der Waals surface area contributed by atoms with Crippen molar-refractivity contribution >= 4 is 10.0 Å². The maximum absolute atomic E-state index is 12.6. The standard InChI is InChI=1S/C13H17F3N2O2S/c1-9-7-11(13(14,15)16)3-4-12(9)21(19,20)18-6-5-17-10(2)8-18/h3-4,7,10,17H,5-6,8H2,1-2H3/t10-/m0/s1. The van der Waals surface area contributed by atoms with Gasteiger partial charge in [0.2, 0.25) is 10.0 Å². The zero-order valence-electron chi connectivity index (χ0n) is 11.7. The van der Waals surface area contributed by atoms with E-state index in [0.29, 0.717) is 19.6 Å². The van der Waals surface area contributed by atoms with Crippen molar-refractivity contribution in [1.29, 1.82) is 0 Å². The number of aryl methyl sites for hydroxylation is 1. The van der Waals surface area contributed by atoms with Crippen molar-refractivity contribution in [2.24, 2.45) is 0 Å². The number of benzene rings is 1. The highest BCUT2D eigenvalue weighted by Crippen LogP contribution is 2.32. The van der Waals surface area contributed by atoms with Gasteiger partial charge in [0.05, 0.1) is 10.5 Å². The number of hydrogen-bond acceptors (Lipinski definition) is 3. The van der Waals surface area contributed by atoms with Crippen molar-refractivity contribution in [2.45, 2.75) is 31.0 Å². The molecule has 1 N–H and O–H groups in total. The molecule has 0 aliphatic carbocycles. The van der Waals surface area contributed by atoms with Crippen LogP contribution in [0.5, 0.6) is 0 Å². The Hall–Kier alpha value is -1.12. The van der Waals surface area contributed by atoms with Crippen molar-refractivity contribution in [3.05, 3.63) is 29.3 Å². The highest BCUT2D eigenvalue weighted by atomic mass is 32.2. The summed E-state index contributed by atoms with van der Waals surface area (Å²) in [6.45, 7) is 4.39. The fraction of sp³-hybridized carbons (Fsp3) is 0.538. The van der Waals surface area contributed by atoms with Gasteiger partial charge in [0.25, 0.3) is 0 Å². The van der Waals surface area contributed by atoms with Crippen LogP contribution in [-0.2, 0) is 16.2 Å². The number of alkyl halides is 3. The molecule has 0 spiro atoms. The van der Waals surface area contributed by atoms with Crippen molar-refractivity contribution in [2.75, 3.05) is 19.6 Å². The number of halogens is 3. The zero-order chi connectivity index (χ0) is 15.8. The summed E-state index contributed by atoms with van der Waals surface area (Å²) >= 11 is 0. The molecule has 1 aliphatic rings. The van der Waals surface area contributed by atoms with Crippen LogP contribution in [0.25, 0.3) is 0 Å². The first-order valence-electron chi connectivity index (χ1n) is 6.54. The van der Waals surface area contributed by atoms with Gasteiger partial charge in [0.1, 0.15) is 0 Å². The maximum Gasteiger partial charge on any atom is 0.416 e. The maximum atomic E-state index is 12.6. The molecule has 1 aliphatic heterocycles. The molecule has 1 aromatic carbocycles. The molecule has 1 heterocycles. The lowest BCUT2D eigenvalue weighted by Crippen LogP contribution is -2.51. The Labute approximate surface area is 122 Å². The van der Waals surface area contributed by atoms with Crippen molar-refractivity contribution < 1.29 is 21.6 Å². The lowest BCUT2D eigenvalue weighted by Gasteiger charge is -2.31. The third kappa shape index (κ3) is 3.38. The van der Waals surface area contributed by atoms with Crippen molar-refractivity contribution in [3.63, 3.8) is 0 Å². The van der Waals surface area contributed by atoms with Crippen LogP contribution in [0.4, 0.5) is 13.2 Å². The topological polar surface area (TPSA) is 49.4 Å². The number of piperazine rings is 1. The monoisotopic (exact) mass is 322 g/mol. The van der Waals surface area contributed by atoms with E-state index < -0.39 is 21.8 Å². The average molecular weight is 322 g/mol. The van der Waals surface area contributed by atoms with Gasteiger partial charge in [-0.1, -0.05) is 0 Å².